The molecule has 0 atom stereocenters. The van der Waals surface area contributed by atoms with Gasteiger partial charge in [-0.3, -0.25) is 4.99 Å². The average molecular weight is 394 g/mol. The topological polar surface area (TPSA) is 54.2 Å². The minimum atomic E-state index is 0.723. The lowest BCUT2D eigenvalue weighted by molar-refractivity contribution is 0.785. The van der Waals surface area contributed by atoms with E-state index in [0.29, 0.717) is 0 Å². The summed E-state index contributed by atoms with van der Waals surface area (Å²) in [5, 5.41) is 6.82. The Morgan fingerprint density at radius 3 is 2.68 bits per heavy atom. The van der Waals surface area contributed by atoms with E-state index >= 15 is 0 Å². The van der Waals surface area contributed by atoms with Crippen molar-refractivity contribution in [3.63, 3.8) is 0 Å². The van der Waals surface area contributed by atoms with Gasteiger partial charge in [0.1, 0.15) is 0 Å². The largest absolute Gasteiger partial charge is 0.352 e. The van der Waals surface area contributed by atoms with Crippen LogP contribution in [0.25, 0.3) is 0 Å². The van der Waals surface area contributed by atoms with E-state index in [4.69, 9.17) is 0 Å². The maximum atomic E-state index is 4.35. The molecule has 0 fully saturated rings. The molecule has 0 spiro atoms. The van der Waals surface area contributed by atoms with Crippen LogP contribution in [-0.4, -0.2) is 28.8 Å². The van der Waals surface area contributed by atoms with Crippen molar-refractivity contribution in [1.82, 2.24) is 20.2 Å². The lowest BCUT2D eigenvalue weighted by Gasteiger charge is -2.14. The number of aliphatic imine (C=N–C) groups is 1. The second-order valence-electron chi connectivity index (χ2n) is 6.65. The number of hydrogen-bond acceptors (Lipinski definition) is 3. The van der Waals surface area contributed by atoms with Gasteiger partial charge in [-0.05, 0) is 41.5 Å². The van der Waals surface area contributed by atoms with Crippen LogP contribution in [0.15, 0.2) is 71.1 Å². The molecule has 2 N–H and O–H groups in total. The standard InChI is InChI=1S/C22H27N5S/c1-17-7-8-20(21(11-17)28-3)14-26-22(23-2)25-13-18-5-4-6-19(12-18)15-27-10-9-24-16-27/h4-12,16H,13-15H2,1-3H3,(H2,23,25,26). The Morgan fingerprint density at radius 1 is 1.11 bits per heavy atom. The van der Waals surface area contributed by atoms with Crippen molar-refractivity contribution < 1.29 is 0 Å². The molecule has 146 valence electrons. The van der Waals surface area contributed by atoms with Gasteiger partial charge in [0, 0.05) is 44.0 Å². The van der Waals surface area contributed by atoms with E-state index < -0.39 is 0 Å². The molecular formula is C22H27N5S. The summed E-state index contributed by atoms with van der Waals surface area (Å²) in [6.45, 7) is 4.42. The Morgan fingerprint density at radius 2 is 1.93 bits per heavy atom. The normalized spacial score (nSPS) is 11.5. The zero-order chi connectivity index (χ0) is 19.8. The van der Waals surface area contributed by atoms with E-state index in [0.717, 1.165) is 25.6 Å². The van der Waals surface area contributed by atoms with E-state index in [2.05, 4.69) is 80.8 Å². The first kappa shape index (κ1) is 20.0. The van der Waals surface area contributed by atoms with Crippen molar-refractivity contribution in [2.75, 3.05) is 13.3 Å². The number of guanidine groups is 1. The number of nitrogens with zero attached hydrogens (tertiary/aromatic N) is 3. The third-order valence-corrected chi connectivity index (χ3v) is 5.31. The highest BCUT2D eigenvalue weighted by Gasteiger charge is 2.04. The van der Waals surface area contributed by atoms with Crippen molar-refractivity contribution in [2.24, 2.45) is 4.99 Å². The molecule has 6 heteroatoms. The third kappa shape index (κ3) is 5.63. The smallest absolute Gasteiger partial charge is 0.191 e. The Balaban J connectivity index is 1.56. The number of thioether (sulfide) groups is 1. The average Bonchev–Trinajstić information content (AvgIpc) is 3.22. The maximum Gasteiger partial charge on any atom is 0.191 e. The first-order valence-electron chi connectivity index (χ1n) is 9.29. The van der Waals surface area contributed by atoms with Gasteiger partial charge in [0.05, 0.1) is 6.33 Å². The van der Waals surface area contributed by atoms with Crippen molar-refractivity contribution in [1.29, 1.82) is 0 Å². The zero-order valence-corrected chi connectivity index (χ0v) is 17.5. The fraction of sp³-hybridized carbons (Fsp3) is 0.273. The Labute approximate surface area is 171 Å². The molecular weight excluding hydrogens is 366 g/mol. The summed E-state index contributed by atoms with van der Waals surface area (Å²) < 4.78 is 2.07. The number of aryl methyl sites for hydroxylation is 1. The number of benzene rings is 2. The van der Waals surface area contributed by atoms with Gasteiger partial charge in [-0.1, -0.05) is 36.4 Å². The van der Waals surface area contributed by atoms with E-state index in [-0.39, 0.29) is 0 Å². The van der Waals surface area contributed by atoms with Crippen LogP contribution in [0.5, 0.6) is 0 Å². The van der Waals surface area contributed by atoms with Gasteiger partial charge in [0.2, 0.25) is 0 Å². The van der Waals surface area contributed by atoms with Crippen LogP contribution >= 0.6 is 11.8 Å². The molecule has 0 aliphatic rings. The van der Waals surface area contributed by atoms with Crippen LogP contribution in [0.3, 0.4) is 0 Å². The monoisotopic (exact) mass is 393 g/mol. The van der Waals surface area contributed by atoms with Crippen LogP contribution in [0.4, 0.5) is 0 Å². The van der Waals surface area contributed by atoms with Crippen LogP contribution in [-0.2, 0) is 19.6 Å². The molecule has 5 nitrogen and oxygen atoms in total. The Hall–Kier alpha value is -2.73. The van der Waals surface area contributed by atoms with Crippen molar-refractivity contribution in [2.45, 2.75) is 31.5 Å². The molecule has 0 bridgehead atoms. The lowest BCUT2D eigenvalue weighted by atomic mass is 10.1. The summed E-state index contributed by atoms with van der Waals surface area (Å²) in [5.74, 6) is 0.799. The molecule has 0 unspecified atom stereocenters. The summed E-state index contributed by atoms with van der Waals surface area (Å²) >= 11 is 1.78. The summed E-state index contributed by atoms with van der Waals surface area (Å²) in [6, 6.07) is 15.1. The third-order valence-electron chi connectivity index (χ3n) is 4.49. The van der Waals surface area contributed by atoms with Crippen LogP contribution in [0.1, 0.15) is 22.3 Å². The minimum absolute atomic E-state index is 0.723. The van der Waals surface area contributed by atoms with Gasteiger partial charge in [0.15, 0.2) is 5.96 Å². The number of rotatable bonds is 7. The van der Waals surface area contributed by atoms with Gasteiger partial charge >= 0.3 is 0 Å². The molecule has 0 aliphatic heterocycles. The Kier molecular flexibility index (Phi) is 7.14. The number of imidazole rings is 1. The molecule has 28 heavy (non-hydrogen) atoms. The van der Waals surface area contributed by atoms with E-state index in [1.54, 1.807) is 25.0 Å². The number of aromatic nitrogens is 2. The number of hydrogen-bond donors (Lipinski definition) is 2. The minimum Gasteiger partial charge on any atom is -0.352 e. The number of nitrogens with one attached hydrogen (secondary N) is 2. The highest BCUT2D eigenvalue weighted by atomic mass is 32.2. The zero-order valence-electron chi connectivity index (χ0n) is 16.6. The quantitative estimate of drug-likeness (QED) is 0.364. The van der Waals surface area contributed by atoms with Crippen LogP contribution < -0.4 is 10.6 Å². The molecule has 2 aromatic carbocycles. The molecule has 0 saturated carbocycles. The van der Waals surface area contributed by atoms with Gasteiger partial charge in [0.25, 0.3) is 0 Å². The fourth-order valence-electron chi connectivity index (χ4n) is 3.01. The van der Waals surface area contributed by atoms with Gasteiger partial charge in [-0.2, -0.15) is 0 Å². The molecule has 3 aromatic rings. The first-order chi connectivity index (χ1) is 13.7. The molecule has 0 amide bonds. The SMILES string of the molecule is CN=C(NCc1cccc(Cn2ccnc2)c1)NCc1ccc(C)cc1SC. The van der Waals surface area contributed by atoms with Gasteiger partial charge < -0.3 is 15.2 Å². The van der Waals surface area contributed by atoms with E-state index in [1.807, 2.05) is 12.5 Å². The fourth-order valence-corrected chi connectivity index (χ4v) is 3.72. The van der Waals surface area contributed by atoms with Gasteiger partial charge in [-0.15, -0.1) is 11.8 Å². The van der Waals surface area contributed by atoms with Crippen molar-refractivity contribution in [3.8, 4) is 0 Å². The van der Waals surface area contributed by atoms with Crippen molar-refractivity contribution in [3.05, 3.63) is 83.4 Å². The molecule has 1 aromatic heterocycles. The molecule has 0 aliphatic carbocycles. The van der Waals surface area contributed by atoms with Crippen LogP contribution in [0.2, 0.25) is 0 Å². The lowest BCUT2D eigenvalue weighted by Crippen LogP contribution is -2.36. The molecule has 1 heterocycles. The first-order valence-corrected chi connectivity index (χ1v) is 10.5. The van der Waals surface area contributed by atoms with Gasteiger partial charge in [-0.25, -0.2) is 4.98 Å². The second kappa shape index (κ2) is 9.99. The second-order valence-corrected chi connectivity index (χ2v) is 7.50. The Bertz CT molecular complexity index is 918. The van der Waals surface area contributed by atoms with Crippen molar-refractivity contribution >= 4 is 17.7 Å². The summed E-state index contributed by atoms with van der Waals surface area (Å²) in [5.41, 5.74) is 5.04. The van der Waals surface area contributed by atoms with Crippen LogP contribution in [0, 0.1) is 6.92 Å². The van der Waals surface area contributed by atoms with E-state index in [9.17, 15) is 0 Å². The summed E-state index contributed by atoms with van der Waals surface area (Å²) in [6.07, 6.45) is 7.73. The summed E-state index contributed by atoms with van der Waals surface area (Å²) in [4.78, 5) is 9.75. The highest BCUT2D eigenvalue weighted by molar-refractivity contribution is 7.98. The molecule has 0 radical (unpaired) electrons. The predicted octanol–water partition coefficient (Wildman–Crippen LogP) is 3.83. The highest BCUT2D eigenvalue weighted by Crippen LogP contribution is 2.21. The molecule has 3 rings (SSSR count). The predicted molar refractivity (Wildman–Crippen MR) is 118 cm³/mol. The maximum absolute atomic E-state index is 4.35. The molecule has 0 saturated heterocycles. The summed E-state index contributed by atoms with van der Waals surface area (Å²) in [7, 11) is 1.80. The van der Waals surface area contributed by atoms with E-state index in [1.165, 1.54) is 27.1 Å².